The predicted molar refractivity (Wildman–Crippen MR) is 164 cm³/mol. The Morgan fingerprint density at radius 1 is 0.500 bits per heavy atom. The van der Waals surface area contributed by atoms with E-state index in [2.05, 4.69) is 6.92 Å². The zero-order valence-electron chi connectivity index (χ0n) is 25.9. The summed E-state index contributed by atoms with van der Waals surface area (Å²) >= 11 is 0. The summed E-state index contributed by atoms with van der Waals surface area (Å²) in [7, 11) is 0. The largest absolute Gasteiger partial charge is 0.493 e. The van der Waals surface area contributed by atoms with E-state index in [1.807, 2.05) is 0 Å². The van der Waals surface area contributed by atoms with Gasteiger partial charge < -0.3 is 18.9 Å². The first-order valence-electron chi connectivity index (χ1n) is 15.2. The maximum absolute atomic E-state index is 14.8. The number of ether oxygens (including phenoxy) is 4. The van der Waals surface area contributed by atoms with Gasteiger partial charge in [0.05, 0.1) is 26.4 Å². The summed E-state index contributed by atoms with van der Waals surface area (Å²) in [5.41, 5.74) is -0.585. The van der Waals surface area contributed by atoms with Crippen molar-refractivity contribution in [3.63, 3.8) is 0 Å². The lowest BCUT2D eigenvalue weighted by Gasteiger charge is -2.14. The third-order valence-electron chi connectivity index (χ3n) is 7.37. The molecule has 4 aromatic rings. The summed E-state index contributed by atoms with van der Waals surface area (Å²) in [4.78, 5) is 0. The van der Waals surface area contributed by atoms with Gasteiger partial charge in [-0.05, 0) is 94.0 Å². The lowest BCUT2D eigenvalue weighted by atomic mass is 10.0. The second kappa shape index (κ2) is 16.3. The summed E-state index contributed by atoms with van der Waals surface area (Å²) < 4.78 is 108. The molecule has 4 rings (SSSR count). The normalized spacial score (nSPS) is 11.2. The van der Waals surface area contributed by atoms with Crippen LogP contribution in [0.3, 0.4) is 0 Å². The molecule has 0 atom stereocenters. The van der Waals surface area contributed by atoms with Crippen LogP contribution < -0.4 is 18.9 Å². The van der Waals surface area contributed by atoms with E-state index < -0.39 is 34.9 Å². The van der Waals surface area contributed by atoms with E-state index in [1.54, 1.807) is 13.8 Å². The van der Waals surface area contributed by atoms with Crippen molar-refractivity contribution in [1.29, 1.82) is 0 Å². The van der Waals surface area contributed by atoms with Gasteiger partial charge in [0, 0.05) is 34.4 Å². The van der Waals surface area contributed by atoms with Gasteiger partial charge in [-0.15, -0.1) is 0 Å². The Labute approximate surface area is 264 Å². The first-order chi connectivity index (χ1) is 22.1. The van der Waals surface area contributed by atoms with Crippen molar-refractivity contribution < 1.29 is 45.3 Å². The van der Waals surface area contributed by atoms with Crippen LogP contribution in [-0.4, -0.2) is 26.4 Å². The van der Waals surface area contributed by atoms with Gasteiger partial charge in [-0.25, -0.2) is 17.6 Å². The van der Waals surface area contributed by atoms with Crippen LogP contribution in [-0.2, 0) is 0 Å². The van der Waals surface area contributed by atoms with Crippen LogP contribution in [0, 0.1) is 40.8 Å². The lowest BCUT2D eigenvalue weighted by molar-refractivity contribution is 0.273. The van der Waals surface area contributed by atoms with E-state index >= 15 is 0 Å². The zero-order chi connectivity index (χ0) is 33.2. The first kappa shape index (κ1) is 34.5. The standard InChI is InChI=1S/C36H36F6O4/c1-4-43-31-16-14-27(33(39)35(31)41)25-12-10-23(20-29(25)37)45-18-6-8-22(3)9-7-19-46-24-11-13-26(30(38)21-24)28-15-17-32(44-5-2)36(42)34(28)40/h10-17,20-22H,4-9,18-19H2,1-3H3. The average Bonchev–Trinajstić information content (AvgIpc) is 3.03. The fraction of sp³-hybridized carbons (Fsp3) is 0.333. The minimum Gasteiger partial charge on any atom is -0.493 e. The van der Waals surface area contributed by atoms with Gasteiger partial charge in [0.1, 0.15) is 23.1 Å². The van der Waals surface area contributed by atoms with Gasteiger partial charge in [0.2, 0.25) is 11.6 Å². The smallest absolute Gasteiger partial charge is 0.201 e. The summed E-state index contributed by atoms with van der Waals surface area (Å²) in [6.45, 7) is 6.41. The Balaban J connectivity index is 1.19. The van der Waals surface area contributed by atoms with Crippen molar-refractivity contribution in [3.8, 4) is 45.3 Å². The average molecular weight is 647 g/mol. The van der Waals surface area contributed by atoms with E-state index in [0.29, 0.717) is 32.0 Å². The van der Waals surface area contributed by atoms with E-state index in [0.717, 1.165) is 25.0 Å². The molecule has 10 heteroatoms. The molecule has 4 aromatic carbocycles. The molecule has 0 saturated heterocycles. The van der Waals surface area contributed by atoms with Crippen molar-refractivity contribution in [2.45, 2.75) is 46.5 Å². The number of rotatable bonds is 16. The van der Waals surface area contributed by atoms with Gasteiger partial charge in [-0.3, -0.25) is 0 Å². The van der Waals surface area contributed by atoms with E-state index in [9.17, 15) is 26.3 Å². The van der Waals surface area contributed by atoms with E-state index in [4.69, 9.17) is 18.9 Å². The molecule has 4 nitrogen and oxygen atoms in total. The van der Waals surface area contributed by atoms with Gasteiger partial charge in [-0.2, -0.15) is 8.78 Å². The predicted octanol–water partition coefficient (Wildman–Crippen LogP) is 10.3. The Morgan fingerprint density at radius 2 is 0.891 bits per heavy atom. The minimum absolute atomic E-state index is 0.0850. The van der Waals surface area contributed by atoms with Crippen LogP contribution in [0.5, 0.6) is 23.0 Å². The SMILES string of the molecule is CCOc1ccc(-c2ccc(OCCCC(C)CCCOc3ccc(-c4ccc(OCC)c(F)c4F)c(F)c3)cc2F)c(F)c1F. The first-order valence-corrected chi connectivity index (χ1v) is 15.2. The molecule has 0 heterocycles. The topological polar surface area (TPSA) is 36.9 Å². The molecule has 0 aliphatic rings. The highest BCUT2D eigenvalue weighted by Gasteiger charge is 2.20. The molecule has 0 aliphatic heterocycles. The molecule has 0 bridgehead atoms. The van der Waals surface area contributed by atoms with Crippen LogP contribution >= 0.6 is 0 Å². The van der Waals surface area contributed by atoms with Gasteiger partial charge in [0.25, 0.3) is 0 Å². The van der Waals surface area contributed by atoms with Crippen molar-refractivity contribution >= 4 is 0 Å². The molecule has 0 saturated carbocycles. The Kier molecular flexibility index (Phi) is 12.2. The Hall–Kier alpha value is -4.34. The molecule has 0 N–H and O–H groups in total. The highest BCUT2D eigenvalue weighted by atomic mass is 19.2. The van der Waals surface area contributed by atoms with Crippen LogP contribution in [0.25, 0.3) is 22.3 Å². The van der Waals surface area contributed by atoms with E-state index in [1.165, 1.54) is 48.5 Å². The highest BCUT2D eigenvalue weighted by Crippen LogP contribution is 2.34. The fourth-order valence-electron chi connectivity index (χ4n) is 5.01. The molecule has 0 spiro atoms. The molecule has 0 unspecified atom stereocenters. The molecule has 246 valence electrons. The summed E-state index contributed by atoms with van der Waals surface area (Å²) in [6.07, 6.45) is 3.09. The monoisotopic (exact) mass is 646 g/mol. The van der Waals surface area contributed by atoms with Crippen LogP contribution in [0.15, 0.2) is 60.7 Å². The van der Waals surface area contributed by atoms with Crippen LogP contribution in [0.1, 0.15) is 46.5 Å². The van der Waals surface area contributed by atoms with Gasteiger partial charge in [-0.1, -0.05) is 6.92 Å². The maximum Gasteiger partial charge on any atom is 0.201 e. The quantitative estimate of drug-likeness (QED) is 0.0897. The third kappa shape index (κ3) is 8.47. The van der Waals surface area contributed by atoms with Crippen LogP contribution in [0.2, 0.25) is 0 Å². The van der Waals surface area contributed by atoms with Crippen molar-refractivity contribution in [3.05, 3.63) is 95.6 Å². The lowest BCUT2D eigenvalue weighted by Crippen LogP contribution is -2.05. The zero-order valence-corrected chi connectivity index (χ0v) is 25.9. The number of hydrogen-bond acceptors (Lipinski definition) is 4. The van der Waals surface area contributed by atoms with Gasteiger partial charge in [0.15, 0.2) is 23.1 Å². The molecular formula is C36H36F6O4. The third-order valence-corrected chi connectivity index (χ3v) is 7.37. The molecule has 0 aliphatic carbocycles. The van der Waals surface area contributed by atoms with E-state index in [-0.39, 0.29) is 58.5 Å². The number of benzene rings is 4. The van der Waals surface area contributed by atoms with Crippen LogP contribution in [0.4, 0.5) is 26.3 Å². The van der Waals surface area contributed by atoms with Crippen molar-refractivity contribution in [2.75, 3.05) is 26.4 Å². The minimum atomic E-state index is -1.18. The number of halogens is 6. The molecule has 0 aromatic heterocycles. The fourth-order valence-corrected chi connectivity index (χ4v) is 5.01. The molecule has 0 fully saturated rings. The van der Waals surface area contributed by atoms with Crippen molar-refractivity contribution in [1.82, 2.24) is 0 Å². The van der Waals surface area contributed by atoms with Gasteiger partial charge >= 0.3 is 0 Å². The second-order valence-corrected chi connectivity index (χ2v) is 10.7. The molecule has 46 heavy (non-hydrogen) atoms. The summed E-state index contributed by atoms with van der Waals surface area (Å²) in [5.74, 6) is -5.74. The Morgan fingerprint density at radius 3 is 1.26 bits per heavy atom. The molecule has 0 amide bonds. The second-order valence-electron chi connectivity index (χ2n) is 10.7. The molecular weight excluding hydrogens is 610 g/mol. The van der Waals surface area contributed by atoms with Crippen molar-refractivity contribution in [2.24, 2.45) is 5.92 Å². The highest BCUT2D eigenvalue weighted by molar-refractivity contribution is 5.68. The maximum atomic E-state index is 14.8. The summed E-state index contributed by atoms with van der Waals surface area (Å²) in [6, 6.07) is 13.1. The molecule has 0 radical (unpaired) electrons. The summed E-state index contributed by atoms with van der Waals surface area (Å²) in [5, 5.41) is 0. The Bertz CT molecular complexity index is 1510. The number of hydrogen-bond donors (Lipinski definition) is 0.